The van der Waals surface area contributed by atoms with Gasteiger partial charge in [-0.2, -0.15) is 13.2 Å². The lowest BCUT2D eigenvalue weighted by Crippen LogP contribution is -2.39. The van der Waals surface area contributed by atoms with Gasteiger partial charge in [0.25, 0.3) is 0 Å². The molecule has 5 nitrogen and oxygen atoms in total. The summed E-state index contributed by atoms with van der Waals surface area (Å²) >= 11 is 0. The van der Waals surface area contributed by atoms with Gasteiger partial charge in [-0.25, -0.2) is 4.98 Å². The van der Waals surface area contributed by atoms with E-state index in [0.717, 1.165) is 44.3 Å². The van der Waals surface area contributed by atoms with E-state index in [-0.39, 0.29) is 30.2 Å². The number of halogens is 3. The molecule has 8 heteroatoms. The fraction of sp³-hybridized carbons (Fsp3) is 0.647. The molecule has 1 unspecified atom stereocenters. The fourth-order valence-electron chi connectivity index (χ4n) is 2.93. The Morgan fingerprint density at radius 3 is 2.72 bits per heavy atom. The van der Waals surface area contributed by atoms with Gasteiger partial charge in [-0.05, 0) is 50.4 Å². The second kappa shape index (κ2) is 8.62. The third kappa shape index (κ3) is 6.28. The van der Waals surface area contributed by atoms with E-state index in [0.29, 0.717) is 13.0 Å². The molecule has 0 saturated carbocycles. The fourth-order valence-corrected chi connectivity index (χ4v) is 2.93. The van der Waals surface area contributed by atoms with Gasteiger partial charge in [0.15, 0.2) is 0 Å². The molecule has 140 valence electrons. The average molecular weight is 359 g/mol. The maximum Gasteiger partial charge on any atom is 0.416 e. The molecule has 0 radical (unpaired) electrons. The monoisotopic (exact) mass is 359 g/mol. The molecule has 1 fully saturated rings. The van der Waals surface area contributed by atoms with Gasteiger partial charge in [0, 0.05) is 19.2 Å². The van der Waals surface area contributed by atoms with Crippen LogP contribution in [0.1, 0.15) is 38.2 Å². The van der Waals surface area contributed by atoms with E-state index in [1.807, 2.05) is 6.92 Å². The number of piperidine rings is 1. The van der Waals surface area contributed by atoms with E-state index in [9.17, 15) is 23.1 Å². The lowest BCUT2D eigenvalue weighted by molar-refractivity contribution is -0.137. The summed E-state index contributed by atoms with van der Waals surface area (Å²) in [6, 6.07) is 1.71. The van der Waals surface area contributed by atoms with E-state index in [1.54, 1.807) is 0 Å². The van der Waals surface area contributed by atoms with Crippen LogP contribution >= 0.6 is 0 Å². The minimum Gasteiger partial charge on any atom is -0.392 e. The van der Waals surface area contributed by atoms with Crippen LogP contribution in [0.25, 0.3) is 0 Å². The van der Waals surface area contributed by atoms with Crippen LogP contribution in [0.15, 0.2) is 18.3 Å². The van der Waals surface area contributed by atoms with Gasteiger partial charge in [0.1, 0.15) is 5.82 Å². The van der Waals surface area contributed by atoms with Crippen LogP contribution in [-0.4, -0.2) is 46.6 Å². The number of pyridine rings is 1. The van der Waals surface area contributed by atoms with Crippen molar-refractivity contribution in [3.05, 3.63) is 23.9 Å². The predicted molar refractivity (Wildman–Crippen MR) is 87.9 cm³/mol. The summed E-state index contributed by atoms with van der Waals surface area (Å²) in [6.45, 7) is 4.21. The molecule has 0 aliphatic carbocycles. The summed E-state index contributed by atoms with van der Waals surface area (Å²) in [4.78, 5) is 18.0. The maximum atomic E-state index is 12.7. The van der Waals surface area contributed by atoms with Crippen molar-refractivity contribution in [2.45, 2.75) is 44.9 Å². The van der Waals surface area contributed by atoms with Gasteiger partial charge >= 0.3 is 6.18 Å². The Morgan fingerprint density at radius 2 is 2.12 bits per heavy atom. The van der Waals surface area contributed by atoms with Gasteiger partial charge in [0.2, 0.25) is 5.91 Å². The van der Waals surface area contributed by atoms with Crippen LogP contribution < -0.4 is 5.32 Å². The first-order valence-electron chi connectivity index (χ1n) is 8.51. The lowest BCUT2D eigenvalue weighted by atomic mass is 9.93. The number of aromatic nitrogens is 1. The van der Waals surface area contributed by atoms with Crippen molar-refractivity contribution in [1.29, 1.82) is 0 Å². The second-order valence-electron chi connectivity index (χ2n) is 6.49. The van der Waals surface area contributed by atoms with Crippen molar-refractivity contribution in [1.82, 2.24) is 9.88 Å². The Morgan fingerprint density at radius 1 is 1.44 bits per heavy atom. The number of aliphatic hydroxyl groups is 1. The van der Waals surface area contributed by atoms with Crippen molar-refractivity contribution >= 4 is 11.7 Å². The van der Waals surface area contributed by atoms with Crippen molar-refractivity contribution in [2.24, 2.45) is 5.92 Å². The normalized spacial score (nSPS) is 18.1. The maximum absolute atomic E-state index is 12.7. The summed E-state index contributed by atoms with van der Waals surface area (Å²) in [5, 5.41) is 12.1. The van der Waals surface area contributed by atoms with Crippen LogP contribution in [0.4, 0.5) is 19.0 Å². The summed E-state index contributed by atoms with van der Waals surface area (Å²) in [6.07, 6.45) is -1.10. The molecule has 1 aliphatic heterocycles. The molecule has 1 aliphatic rings. The highest BCUT2D eigenvalue weighted by atomic mass is 19.4. The molecule has 25 heavy (non-hydrogen) atoms. The van der Waals surface area contributed by atoms with Gasteiger partial charge in [-0.1, -0.05) is 6.92 Å². The first-order chi connectivity index (χ1) is 11.8. The molecule has 1 amide bonds. The number of rotatable bonds is 6. The van der Waals surface area contributed by atoms with Crippen LogP contribution in [0.2, 0.25) is 0 Å². The third-order valence-corrected chi connectivity index (χ3v) is 4.48. The molecule has 2 heterocycles. The van der Waals surface area contributed by atoms with E-state index in [4.69, 9.17) is 0 Å². The largest absolute Gasteiger partial charge is 0.416 e. The van der Waals surface area contributed by atoms with Crippen LogP contribution in [-0.2, 0) is 11.0 Å². The number of nitrogens with one attached hydrogen (secondary N) is 1. The summed E-state index contributed by atoms with van der Waals surface area (Å²) < 4.78 is 38.0. The predicted octanol–water partition coefficient (Wildman–Crippen LogP) is 2.91. The number of alkyl halides is 3. The highest BCUT2D eigenvalue weighted by Gasteiger charge is 2.31. The van der Waals surface area contributed by atoms with Gasteiger partial charge in [-0.15, -0.1) is 0 Å². The Labute approximate surface area is 145 Å². The van der Waals surface area contributed by atoms with Gasteiger partial charge in [-0.3, -0.25) is 4.79 Å². The minimum atomic E-state index is -4.46. The number of hydrogen-bond acceptors (Lipinski definition) is 4. The van der Waals surface area contributed by atoms with Crippen LogP contribution in [0.3, 0.4) is 0 Å². The lowest BCUT2D eigenvalue weighted by Gasteiger charge is -2.32. The SMILES string of the molecule is CCC(O)CN1CCC(CC(=O)Nc2cc(C(F)(F)F)ccn2)CC1. The number of β-amino-alcohol motifs (C(OH)–C–C–N with tert-alkyl or cyclic N) is 1. The number of anilines is 1. The minimum absolute atomic E-state index is 0.0803. The van der Waals surface area contributed by atoms with Gasteiger partial charge in [0.05, 0.1) is 11.7 Å². The molecule has 0 aromatic carbocycles. The van der Waals surface area contributed by atoms with E-state index >= 15 is 0 Å². The number of hydrogen-bond donors (Lipinski definition) is 2. The number of carbonyl (C=O) groups excluding carboxylic acids is 1. The van der Waals surface area contributed by atoms with Crippen molar-refractivity contribution in [2.75, 3.05) is 25.0 Å². The van der Waals surface area contributed by atoms with Crippen LogP contribution in [0.5, 0.6) is 0 Å². The zero-order valence-corrected chi connectivity index (χ0v) is 14.2. The first kappa shape index (κ1) is 19.7. The molecule has 1 saturated heterocycles. The summed E-state index contributed by atoms with van der Waals surface area (Å²) in [5.74, 6) is -0.206. The Kier molecular flexibility index (Phi) is 6.78. The van der Waals surface area contributed by atoms with E-state index < -0.39 is 11.7 Å². The third-order valence-electron chi connectivity index (χ3n) is 4.48. The zero-order chi connectivity index (χ0) is 18.4. The molecule has 1 aromatic rings. The van der Waals surface area contributed by atoms with Crippen molar-refractivity contribution in [3.8, 4) is 0 Å². The highest BCUT2D eigenvalue weighted by Crippen LogP contribution is 2.30. The molecule has 1 aromatic heterocycles. The molecule has 2 rings (SSSR count). The topological polar surface area (TPSA) is 65.5 Å². The first-order valence-corrected chi connectivity index (χ1v) is 8.51. The Bertz CT molecular complexity index is 573. The standard InChI is InChI=1S/C17H24F3N3O2/c1-2-14(24)11-23-7-4-12(5-8-23)9-16(25)22-15-10-13(3-6-21-15)17(18,19)20/h3,6,10,12,14,24H,2,4-5,7-9,11H2,1H3,(H,21,22,25). The highest BCUT2D eigenvalue weighted by molar-refractivity contribution is 5.89. The quantitative estimate of drug-likeness (QED) is 0.820. The summed E-state index contributed by atoms with van der Waals surface area (Å²) in [7, 11) is 0. The number of likely N-dealkylation sites (tertiary alicyclic amines) is 1. The smallest absolute Gasteiger partial charge is 0.392 e. The molecular formula is C17H24F3N3O2. The summed E-state index contributed by atoms with van der Waals surface area (Å²) in [5.41, 5.74) is -0.833. The number of carbonyl (C=O) groups is 1. The zero-order valence-electron chi connectivity index (χ0n) is 14.2. The van der Waals surface area contributed by atoms with E-state index in [2.05, 4.69) is 15.2 Å². The number of nitrogens with zero attached hydrogens (tertiary/aromatic N) is 2. The molecule has 2 N–H and O–H groups in total. The molecule has 1 atom stereocenters. The van der Waals surface area contributed by atoms with Gasteiger partial charge < -0.3 is 15.3 Å². The molecule has 0 bridgehead atoms. The number of aliphatic hydroxyl groups excluding tert-OH is 1. The Balaban J connectivity index is 1.80. The second-order valence-corrected chi connectivity index (χ2v) is 6.49. The molecule has 0 spiro atoms. The van der Waals surface area contributed by atoms with Crippen molar-refractivity contribution in [3.63, 3.8) is 0 Å². The van der Waals surface area contributed by atoms with E-state index in [1.165, 1.54) is 0 Å². The average Bonchev–Trinajstić information content (AvgIpc) is 2.56. The molecular weight excluding hydrogens is 335 g/mol. The van der Waals surface area contributed by atoms with Crippen LogP contribution in [0, 0.1) is 5.92 Å². The Hall–Kier alpha value is -1.67. The van der Waals surface area contributed by atoms with Crippen molar-refractivity contribution < 1.29 is 23.1 Å². The number of amides is 1.